The lowest BCUT2D eigenvalue weighted by atomic mass is 9.79. The van der Waals surface area contributed by atoms with E-state index >= 15 is 0 Å². The van der Waals surface area contributed by atoms with Crippen molar-refractivity contribution in [2.45, 2.75) is 12.8 Å². The highest BCUT2D eigenvalue weighted by Gasteiger charge is 2.36. The van der Waals surface area contributed by atoms with E-state index in [2.05, 4.69) is 16.6 Å². The topological polar surface area (TPSA) is 35.8 Å². The van der Waals surface area contributed by atoms with Crippen molar-refractivity contribution in [3.8, 4) is 0 Å². The van der Waals surface area contributed by atoms with Crippen molar-refractivity contribution in [3.05, 3.63) is 12.7 Å². The molecule has 0 radical (unpaired) electrons. The summed E-state index contributed by atoms with van der Waals surface area (Å²) in [6, 6.07) is 0. The first kappa shape index (κ1) is 7.65. The summed E-state index contributed by atoms with van der Waals surface area (Å²) in [6.07, 6.45) is 4.17. The van der Waals surface area contributed by atoms with Crippen LogP contribution >= 0.6 is 0 Å². The van der Waals surface area contributed by atoms with Crippen LogP contribution in [0.2, 0.25) is 0 Å². The van der Waals surface area contributed by atoms with E-state index in [1.165, 1.54) is 6.42 Å². The van der Waals surface area contributed by atoms with Crippen LogP contribution in [0.1, 0.15) is 12.8 Å². The van der Waals surface area contributed by atoms with Crippen molar-refractivity contribution < 1.29 is 5.21 Å². The molecule has 2 bridgehead atoms. The van der Waals surface area contributed by atoms with Crippen LogP contribution in [0.3, 0.4) is 0 Å². The van der Waals surface area contributed by atoms with Gasteiger partial charge in [-0.25, -0.2) is 0 Å². The van der Waals surface area contributed by atoms with Gasteiger partial charge in [-0.15, -0.1) is 6.58 Å². The predicted molar refractivity (Wildman–Crippen MR) is 47.2 cm³/mol. The molecule has 0 aromatic carbocycles. The normalized spacial score (nSPS) is 37.3. The van der Waals surface area contributed by atoms with Crippen LogP contribution in [0, 0.1) is 11.8 Å². The van der Waals surface area contributed by atoms with Gasteiger partial charge in [0.1, 0.15) is 5.84 Å². The van der Waals surface area contributed by atoms with Gasteiger partial charge >= 0.3 is 0 Å². The summed E-state index contributed by atoms with van der Waals surface area (Å²) < 4.78 is 0. The molecule has 3 rings (SSSR count). The van der Waals surface area contributed by atoms with Crippen LogP contribution in [0.4, 0.5) is 0 Å². The summed E-state index contributed by atoms with van der Waals surface area (Å²) in [7, 11) is 0. The van der Waals surface area contributed by atoms with Gasteiger partial charge in [-0.2, -0.15) is 0 Å². The third-order valence-corrected chi connectivity index (χ3v) is 3.03. The Morgan fingerprint density at radius 3 is 3.00 bits per heavy atom. The monoisotopic (exact) mass is 166 g/mol. The van der Waals surface area contributed by atoms with Crippen LogP contribution < -0.4 is 0 Å². The highest BCUT2D eigenvalue weighted by molar-refractivity contribution is 5.83. The molecule has 0 aromatic rings. The van der Waals surface area contributed by atoms with Gasteiger partial charge < -0.3 is 10.1 Å². The maximum Gasteiger partial charge on any atom is 0.144 e. The molecule has 0 spiro atoms. The molecule has 2 unspecified atom stereocenters. The van der Waals surface area contributed by atoms with Crippen molar-refractivity contribution in [1.29, 1.82) is 0 Å². The molecule has 0 amide bonds. The molecule has 0 aromatic heterocycles. The second-order valence-electron chi connectivity index (χ2n) is 3.61. The van der Waals surface area contributed by atoms with Crippen LogP contribution in [0.5, 0.6) is 0 Å². The predicted octanol–water partition coefficient (Wildman–Crippen LogP) is 1.30. The lowest BCUT2D eigenvalue weighted by molar-refractivity contribution is 0.161. The molecule has 3 aliphatic rings. The van der Waals surface area contributed by atoms with E-state index in [-0.39, 0.29) is 0 Å². The molecule has 12 heavy (non-hydrogen) atoms. The smallest absolute Gasteiger partial charge is 0.144 e. The number of hydrogen-bond acceptors (Lipinski definition) is 2. The average molecular weight is 166 g/mol. The van der Waals surface area contributed by atoms with Gasteiger partial charge in [0.2, 0.25) is 0 Å². The van der Waals surface area contributed by atoms with E-state index in [4.69, 9.17) is 5.21 Å². The zero-order chi connectivity index (χ0) is 8.55. The molecule has 0 saturated carbocycles. The second-order valence-corrected chi connectivity index (χ2v) is 3.61. The minimum atomic E-state index is 0.601. The quantitative estimate of drug-likeness (QED) is 0.362. The van der Waals surface area contributed by atoms with Gasteiger partial charge in [0.05, 0.1) is 0 Å². The third-order valence-electron chi connectivity index (χ3n) is 3.03. The second kappa shape index (κ2) is 2.81. The lowest BCUT2D eigenvalue weighted by Crippen LogP contribution is -2.50. The molecule has 3 aliphatic heterocycles. The molecule has 0 aliphatic carbocycles. The summed E-state index contributed by atoms with van der Waals surface area (Å²) >= 11 is 0. The Bertz CT molecular complexity index is 225. The maximum absolute atomic E-state index is 8.69. The van der Waals surface area contributed by atoms with Crippen molar-refractivity contribution in [1.82, 2.24) is 4.90 Å². The SMILES string of the molecule is C=CC1CN2CCC1C/C2=N\O. The minimum Gasteiger partial charge on any atom is -0.409 e. The summed E-state index contributed by atoms with van der Waals surface area (Å²) in [5.74, 6) is 2.13. The van der Waals surface area contributed by atoms with Crippen molar-refractivity contribution in [2.24, 2.45) is 17.0 Å². The van der Waals surface area contributed by atoms with E-state index in [9.17, 15) is 0 Å². The van der Waals surface area contributed by atoms with Gasteiger partial charge in [-0.3, -0.25) is 0 Å². The highest BCUT2D eigenvalue weighted by Crippen LogP contribution is 2.33. The third kappa shape index (κ3) is 1.00. The Balaban J connectivity index is 2.16. The van der Waals surface area contributed by atoms with E-state index in [0.29, 0.717) is 11.8 Å². The molecule has 3 fully saturated rings. The Hall–Kier alpha value is -0.990. The van der Waals surface area contributed by atoms with E-state index in [1.54, 1.807) is 0 Å². The van der Waals surface area contributed by atoms with Crippen molar-refractivity contribution in [2.75, 3.05) is 13.1 Å². The fraction of sp³-hybridized carbons (Fsp3) is 0.667. The van der Waals surface area contributed by atoms with E-state index in [1.807, 2.05) is 6.08 Å². The van der Waals surface area contributed by atoms with Gasteiger partial charge in [0, 0.05) is 19.5 Å². The first-order valence-electron chi connectivity index (χ1n) is 4.43. The maximum atomic E-state index is 8.69. The molecule has 2 atom stereocenters. The summed E-state index contributed by atoms with van der Waals surface area (Å²) in [6.45, 7) is 5.87. The molecular weight excluding hydrogens is 152 g/mol. The van der Waals surface area contributed by atoms with Crippen LogP contribution in [0.15, 0.2) is 17.8 Å². The van der Waals surface area contributed by atoms with Crippen LogP contribution in [0.25, 0.3) is 0 Å². The molecular formula is C9H14N2O. The molecule has 66 valence electrons. The van der Waals surface area contributed by atoms with Crippen molar-refractivity contribution >= 4 is 5.84 Å². The Morgan fingerprint density at radius 2 is 2.50 bits per heavy atom. The Labute approximate surface area is 72.4 Å². The Morgan fingerprint density at radius 1 is 1.67 bits per heavy atom. The number of piperidine rings is 3. The molecule has 3 nitrogen and oxygen atoms in total. The summed E-state index contributed by atoms with van der Waals surface area (Å²) in [5.41, 5.74) is 0. The standard InChI is InChI=1S/C9H14N2O/c1-2-7-6-11-4-3-8(7)5-9(11)10-12/h2,7-8,12H,1,3-6H2/b10-9+. The first-order valence-corrected chi connectivity index (χ1v) is 4.43. The van der Waals surface area contributed by atoms with Crippen LogP contribution in [-0.2, 0) is 0 Å². The fourth-order valence-electron chi connectivity index (χ4n) is 2.25. The zero-order valence-corrected chi connectivity index (χ0v) is 7.11. The van der Waals surface area contributed by atoms with Gasteiger partial charge in [-0.1, -0.05) is 11.2 Å². The van der Waals surface area contributed by atoms with Crippen LogP contribution in [-0.4, -0.2) is 29.0 Å². The number of oxime groups is 1. The average Bonchev–Trinajstić information content (AvgIpc) is 2.18. The van der Waals surface area contributed by atoms with Gasteiger partial charge in [-0.05, 0) is 18.3 Å². The number of fused-ring (bicyclic) bond motifs is 3. The van der Waals surface area contributed by atoms with Gasteiger partial charge in [0.15, 0.2) is 0 Å². The van der Waals surface area contributed by atoms with E-state index < -0.39 is 0 Å². The fourth-order valence-corrected chi connectivity index (χ4v) is 2.25. The van der Waals surface area contributed by atoms with Gasteiger partial charge in [0.25, 0.3) is 0 Å². The Kier molecular flexibility index (Phi) is 1.79. The zero-order valence-electron chi connectivity index (χ0n) is 7.11. The molecule has 3 heteroatoms. The number of hydrogen-bond donors (Lipinski definition) is 1. The summed E-state index contributed by atoms with van der Waals surface area (Å²) in [4.78, 5) is 2.16. The lowest BCUT2D eigenvalue weighted by Gasteiger charge is -2.44. The highest BCUT2D eigenvalue weighted by atomic mass is 16.4. The van der Waals surface area contributed by atoms with E-state index in [0.717, 1.165) is 25.3 Å². The first-order chi connectivity index (χ1) is 5.85. The largest absolute Gasteiger partial charge is 0.409 e. The number of rotatable bonds is 1. The molecule has 1 N–H and O–H groups in total. The summed E-state index contributed by atoms with van der Waals surface area (Å²) in [5, 5.41) is 12.0. The van der Waals surface area contributed by atoms with Crippen molar-refractivity contribution in [3.63, 3.8) is 0 Å². The molecule has 3 heterocycles. The number of amidine groups is 1. The molecule has 3 saturated heterocycles. The number of nitrogens with zero attached hydrogens (tertiary/aromatic N) is 2. The minimum absolute atomic E-state index is 0.601.